The monoisotopic (exact) mass is 226 g/mol. The van der Waals surface area contributed by atoms with Gasteiger partial charge in [-0.05, 0) is 19.1 Å². The molecule has 0 aliphatic heterocycles. The first kappa shape index (κ1) is 11.9. The Morgan fingerprint density at radius 2 is 2.07 bits per heavy atom. The molecule has 0 bridgehead atoms. The van der Waals surface area contributed by atoms with Crippen molar-refractivity contribution in [3.8, 4) is 5.75 Å². The Bertz CT molecular complexity index is 374. The highest BCUT2D eigenvalue weighted by Gasteiger charge is 2.06. The Balaban J connectivity index is 2.67. The molecule has 0 saturated carbocycles. The Kier molecular flexibility index (Phi) is 4.49. The summed E-state index contributed by atoms with van der Waals surface area (Å²) in [7, 11) is -0.866. The summed E-state index contributed by atoms with van der Waals surface area (Å²) in [4.78, 5) is 11.2. The summed E-state index contributed by atoms with van der Waals surface area (Å²) in [5.41, 5.74) is 0.569. The number of benzene rings is 1. The molecule has 0 aliphatic rings. The van der Waals surface area contributed by atoms with Crippen LogP contribution in [0.25, 0.3) is 0 Å². The molecule has 1 aromatic carbocycles. The topological polar surface area (TPSA) is 43.4 Å². The van der Waals surface area contributed by atoms with Gasteiger partial charge in [-0.1, -0.05) is 12.1 Å². The van der Waals surface area contributed by atoms with Crippen molar-refractivity contribution in [3.63, 3.8) is 0 Å². The number of carbonyl (C=O) groups excluding carboxylic acids is 1. The van der Waals surface area contributed by atoms with Crippen molar-refractivity contribution in [2.75, 3.05) is 18.6 Å². The van der Waals surface area contributed by atoms with Crippen LogP contribution in [0.1, 0.15) is 17.3 Å². The molecule has 0 N–H and O–H groups in total. The van der Waals surface area contributed by atoms with Crippen molar-refractivity contribution in [1.29, 1.82) is 0 Å². The lowest BCUT2D eigenvalue weighted by Gasteiger charge is -2.08. The second kappa shape index (κ2) is 5.66. The minimum Gasteiger partial charge on any atom is -0.492 e. The van der Waals surface area contributed by atoms with Crippen molar-refractivity contribution in [3.05, 3.63) is 29.8 Å². The number of ether oxygens (including phenoxy) is 1. The third kappa shape index (κ3) is 3.83. The van der Waals surface area contributed by atoms with Crippen LogP contribution in [0.2, 0.25) is 0 Å². The maximum atomic E-state index is 11.2. The Morgan fingerprint density at radius 1 is 1.40 bits per heavy atom. The van der Waals surface area contributed by atoms with Gasteiger partial charge in [0.2, 0.25) is 0 Å². The van der Waals surface area contributed by atoms with Crippen LogP contribution in [-0.2, 0) is 10.8 Å². The molecule has 0 radical (unpaired) electrons. The quantitative estimate of drug-likeness (QED) is 0.717. The number of para-hydroxylation sites is 1. The van der Waals surface area contributed by atoms with Gasteiger partial charge in [-0.3, -0.25) is 9.00 Å². The minimum absolute atomic E-state index is 0.0248. The second-order valence-corrected chi connectivity index (χ2v) is 4.73. The van der Waals surface area contributed by atoms with E-state index >= 15 is 0 Å². The second-order valence-electron chi connectivity index (χ2n) is 3.18. The molecule has 0 amide bonds. The van der Waals surface area contributed by atoms with Gasteiger partial charge in [-0.25, -0.2) is 0 Å². The number of carbonyl (C=O) groups is 1. The first-order valence-corrected chi connectivity index (χ1v) is 6.37. The summed E-state index contributed by atoms with van der Waals surface area (Å²) in [5, 5.41) is 0. The van der Waals surface area contributed by atoms with Crippen LogP contribution in [0, 0.1) is 0 Å². The first-order chi connectivity index (χ1) is 7.11. The van der Waals surface area contributed by atoms with Gasteiger partial charge in [0, 0.05) is 17.1 Å². The molecular weight excluding hydrogens is 212 g/mol. The van der Waals surface area contributed by atoms with Gasteiger partial charge in [0.25, 0.3) is 0 Å². The molecule has 1 unspecified atom stereocenters. The van der Waals surface area contributed by atoms with Crippen LogP contribution < -0.4 is 4.74 Å². The fourth-order valence-corrected chi connectivity index (χ4v) is 1.47. The molecule has 1 atom stereocenters. The number of ketones is 1. The summed E-state index contributed by atoms with van der Waals surface area (Å²) in [6.07, 6.45) is 1.63. The zero-order valence-corrected chi connectivity index (χ0v) is 9.67. The van der Waals surface area contributed by atoms with E-state index in [1.165, 1.54) is 6.92 Å². The van der Waals surface area contributed by atoms with Gasteiger partial charge >= 0.3 is 0 Å². The van der Waals surface area contributed by atoms with Gasteiger partial charge in [-0.15, -0.1) is 0 Å². The van der Waals surface area contributed by atoms with Crippen molar-refractivity contribution in [2.24, 2.45) is 0 Å². The van der Waals surface area contributed by atoms with Crippen LogP contribution in [0.5, 0.6) is 5.75 Å². The Hall–Kier alpha value is -1.16. The lowest BCUT2D eigenvalue weighted by molar-refractivity contribution is 0.101. The van der Waals surface area contributed by atoms with Crippen molar-refractivity contribution in [2.45, 2.75) is 6.92 Å². The minimum atomic E-state index is -0.866. The molecule has 0 fully saturated rings. The number of rotatable bonds is 5. The van der Waals surface area contributed by atoms with Gasteiger partial charge < -0.3 is 4.74 Å². The largest absolute Gasteiger partial charge is 0.492 e. The molecule has 82 valence electrons. The molecule has 0 heterocycles. The van der Waals surface area contributed by atoms with E-state index < -0.39 is 10.8 Å². The summed E-state index contributed by atoms with van der Waals surface area (Å²) >= 11 is 0. The SMILES string of the molecule is CC(=O)c1ccccc1OCCS(C)=O. The summed E-state index contributed by atoms with van der Waals surface area (Å²) < 4.78 is 16.2. The van der Waals surface area contributed by atoms with E-state index in [9.17, 15) is 9.00 Å². The van der Waals surface area contributed by atoms with E-state index in [1.54, 1.807) is 24.5 Å². The zero-order chi connectivity index (χ0) is 11.3. The number of Topliss-reactive ketones (excluding diaryl/α,β-unsaturated/α-hetero) is 1. The molecule has 0 spiro atoms. The first-order valence-electron chi connectivity index (χ1n) is 4.64. The van der Waals surface area contributed by atoms with Gasteiger partial charge in [0.15, 0.2) is 5.78 Å². The normalized spacial score (nSPS) is 12.1. The highest BCUT2D eigenvalue weighted by molar-refractivity contribution is 7.84. The third-order valence-corrected chi connectivity index (χ3v) is 2.64. The van der Waals surface area contributed by atoms with E-state index in [0.717, 1.165) is 0 Å². The van der Waals surface area contributed by atoms with Crippen molar-refractivity contribution >= 4 is 16.6 Å². The van der Waals surface area contributed by atoms with E-state index in [-0.39, 0.29) is 5.78 Å². The number of hydrogen-bond donors (Lipinski definition) is 0. The Morgan fingerprint density at radius 3 is 2.67 bits per heavy atom. The highest BCUT2D eigenvalue weighted by atomic mass is 32.2. The predicted molar refractivity (Wildman–Crippen MR) is 60.9 cm³/mol. The fraction of sp³-hybridized carbons (Fsp3) is 0.364. The molecule has 1 rings (SSSR count). The molecule has 0 aromatic heterocycles. The molecule has 0 aliphatic carbocycles. The molecule has 15 heavy (non-hydrogen) atoms. The van der Waals surface area contributed by atoms with Gasteiger partial charge in [-0.2, -0.15) is 0 Å². The van der Waals surface area contributed by atoms with Crippen LogP contribution >= 0.6 is 0 Å². The van der Waals surface area contributed by atoms with E-state index in [2.05, 4.69) is 0 Å². The molecule has 3 nitrogen and oxygen atoms in total. The van der Waals surface area contributed by atoms with Crippen LogP contribution in [0.15, 0.2) is 24.3 Å². The van der Waals surface area contributed by atoms with Crippen LogP contribution in [0.4, 0.5) is 0 Å². The predicted octanol–water partition coefficient (Wildman–Crippen LogP) is 1.65. The van der Waals surface area contributed by atoms with Gasteiger partial charge in [0.1, 0.15) is 5.75 Å². The lowest BCUT2D eigenvalue weighted by Crippen LogP contribution is -2.09. The van der Waals surface area contributed by atoms with Crippen molar-refractivity contribution < 1.29 is 13.7 Å². The molecule has 1 aromatic rings. The average Bonchev–Trinajstić information content (AvgIpc) is 2.17. The molecule has 0 saturated heterocycles. The molecular formula is C11H14O3S. The fourth-order valence-electron chi connectivity index (χ4n) is 1.15. The lowest BCUT2D eigenvalue weighted by atomic mass is 10.1. The average molecular weight is 226 g/mol. The summed E-state index contributed by atoms with van der Waals surface area (Å²) in [5.74, 6) is 1.02. The van der Waals surface area contributed by atoms with E-state index in [1.807, 2.05) is 6.07 Å². The smallest absolute Gasteiger partial charge is 0.163 e. The number of hydrogen-bond acceptors (Lipinski definition) is 3. The molecule has 4 heteroatoms. The van der Waals surface area contributed by atoms with E-state index in [4.69, 9.17) is 4.74 Å². The maximum absolute atomic E-state index is 11.2. The van der Waals surface area contributed by atoms with Crippen LogP contribution in [-0.4, -0.2) is 28.6 Å². The summed E-state index contributed by atoms with van der Waals surface area (Å²) in [6, 6.07) is 7.07. The third-order valence-electron chi connectivity index (χ3n) is 1.89. The highest BCUT2D eigenvalue weighted by Crippen LogP contribution is 2.18. The maximum Gasteiger partial charge on any atom is 0.163 e. The standard InChI is InChI=1S/C11H14O3S/c1-9(12)10-5-3-4-6-11(10)14-7-8-15(2)13/h3-6H,7-8H2,1-2H3. The van der Waals surface area contributed by atoms with E-state index in [0.29, 0.717) is 23.7 Å². The van der Waals surface area contributed by atoms with Gasteiger partial charge in [0.05, 0.1) is 17.9 Å². The zero-order valence-electron chi connectivity index (χ0n) is 8.86. The van der Waals surface area contributed by atoms with Crippen molar-refractivity contribution in [1.82, 2.24) is 0 Å². The summed E-state index contributed by atoms with van der Waals surface area (Å²) in [6.45, 7) is 1.87. The Labute approximate surface area is 91.9 Å². The van der Waals surface area contributed by atoms with Crippen LogP contribution in [0.3, 0.4) is 0 Å².